The first-order valence-electron chi connectivity index (χ1n) is 8.46. The maximum Gasteiger partial charge on any atom is 0.202 e. The van der Waals surface area contributed by atoms with E-state index in [1.54, 1.807) is 29.5 Å². The number of thiophene rings is 1. The van der Waals surface area contributed by atoms with Crippen LogP contribution in [0, 0.1) is 25.2 Å². The molecule has 0 aliphatic rings. The van der Waals surface area contributed by atoms with Gasteiger partial charge in [0.1, 0.15) is 0 Å². The minimum absolute atomic E-state index is 0.0908. The second kappa shape index (κ2) is 8.11. The van der Waals surface area contributed by atoms with E-state index < -0.39 is 0 Å². The Morgan fingerprint density at radius 2 is 2.04 bits per heavy atom. The van der Waals surface area contributed by atoms with Crippen molar-refractivity contribution in [2.45, 2.75) is 20.4 Å². The number of ketones is 1. The number of carbonyl (C=O) groups is 1. The highest BCUT2D eigenvalue weighted by atomic mass is 32.1. The van der Waals surface area contributed by atoms with Crippen molar-refractivity contribution < 1.29 is 14.3 Å². The Balaban J connectivity index is 1.75. The molecule has 5 nitrogen and oxygen atoms in total. The number of carbonyl (C=O) groups excluding carboxylic acids is 1. The van der Waals surface area contributed by atoms with Crippen LogP contribution in [-0.4, -0.2) is 24.1 Å². The lowest BCUT2D eigenvalue weighted by Gasteiger charge is -2.11. The summed E-state index contributed by atoms with van der Waals surface area (Å²) in [5.41, 5.74) is 3.11. The second-order valence-electron chi connectivity index (χ2n) is 6.14. The van der Waals surface area contributed by atoms with Crippen LogP contribution in [0.3, 0.4) is 0 Å². The molecule has 0 aliphatic heterocycles. The smallest absolute Gasteiger partial charge is 0.202 e. The number of benzene rings is 1. The summed E-state index contributed by atoms with van der Waals surface area (Å²) in [4.78, 5) is 13.9. The highest BCUT2D eigenvalue weighted by molar-refractivity contribution is 7.09. The molecule has 1 aromatic carbocycles. The Morgan fingerprint density at radius 3 is 2.70 bits per heavy atom. The molecule has 0 saturated carbocycles. The van der Waals surface area contributed by atoms with Gasteiger partial charge in [-0.1, -0.05) is 6.07 Å². The number of aryl methyl sites for hydroxylation is 1. The van der Waals surface area contributed by atoms with Gasteiger partial charge in [-0.3, -0.25) is 4.79 Å². The van der Waals surface area contributed by atoms with Crippen LogP contribution in [0.15, 0.2) is 41.8 Å². The highest BCUT2D eigenvalue weighted by Gasteiger charge is 2.17. The average Bonchev–Trinajstić information content (AvgIpc) is 3.29. The molecular weight excluding hydrogens is 360 g/mol. The van der Waals surface area contributed by atoms with Crippen molar-refractivity contribution in [3.63, 3.8) is 0 Å². The molecule has 3 rings (SSSR count). The Bertz CT molecular complexity index is 997. The van der Waals surface area contributed by atoms with E-state index in [-0.39, 0.29) is 12.4 Å². The van der Waals surface area contributed by atoms with Gasteiger partial charge in [0, 0.05) is 27.9 Å². The Labute approximate surface area is 162 Å². The topological polar surface area (TPSA) is 64.2 Å². The number of Topliss-reactive ketones (excluding diaryl/α,β-unsaturated/α-hetero) is 1. The molecule has 0 N–H and O–H groups in total. The Hall–Kier alpha value is -3.04. The fraction of sp³-hybridized carbons (Fsp3) is 0.238. The molecule has 2 aromatic heterocycles. The van der Waals surface area contributed by atoms with E-state index in [1.165, 1.54) is 12.0 Å². The lowest BCUT2D eigenvalue weighted by molar-refractivity contribution is 0.0918. The maximum atomic E-state index is 12.7. The monoisotopic (exact) mass is 380 g/mol. The fourth-order valence-electron chi connectivity index (χ4n) is 2.96. The molecule has 0 radical (unpaired) electrons. The number of hydrogen-bond acceptors (Lipinski definition) is 5. The van der Waals surface area contributed by atoms with E-state index in [2.05, 4.69) is 10.6 Å². The molecule has 0 amide bonds. The number of nitrogens with zero attached hydrogens (tertiary/aromatic N) is 2. The van der Waals surface area contributed by atoms with E-state index in [4.69, 9.17) is 14.7 Å². The van der Waals surface area contributed by atoms with E-state index in [0.29, 0.717) is 22.6 Å². The summed E-state index contributed by atoms with van der Waals surface area (Å²) in [5, 5.41) is 11.0. The Morgan fingerprint density at radius 1 is 1.22 bits per heavy atom. The maximum absolute atomic E-state index is 12.7. The van der Waals surface area contributed by atoms with Crippen LogP contribution in [-0.2, 0) is 6.54 Å². The minimum Gasteiger partial charge on any atom is -0.493 e. The third kappa shape index (κ3) is 4.04. The van der Waals surface area contributed by atoms with Crippen molar-refractivity contribution in [3.8, 4) is 17.6 Å². The molecule has 0 saturated heterocycles. The van der Waals surface area contributed by atoms with Gasteiger partial charge < -0.3 is 14.0 Å². The van der Waals surface area contributed by atoms with Crippen molar-refractivity contribution in [1.82, 2.24) is 4.57 Å². The summed E-state index contributed by atoms with van der Waals surface area (Å²) in [6.45, 7) is 4.62. The van der Waals surface area contributed by atoms with Gasteiger partial charge >= 0.3 is 0 Å². The SMILES string of the molecule is COc1cc(C#N)ccc1OCC(=O)c1cc(C)n(Cc2cccs2)c1C. The van der Waals surface area contributed by atoms with Crippen LogP contribution in [0.25, 0.3) is 0 Å². The van der Waals surface area contributed by atoms with Crippen LogP contribution in [0.5, 0.6) is 11.5 Å². The zero-order chi connectivity index (χ0) is 19.4. The number of ether oxygens (including phenoxy) is 2. The van der Waals surface area contributed by atoms with Gasteiger partial charge in [0.15, 0.2) is 18.1 Å². The number of hydrogen-bond donors (Lipinski definition) is 0. The Kier molecular flexibility index (Phi) is 5.63. The average molecular weight is 380 g/mol. The molecule has 0 aliphatic carbocycles. The number of methoxy groups -OCH3 is 1. The van der Waals surface area contributed by atoms with Crippen LogP contribution >= 0.6 is 11.3 Å². The predicted octanol–water partition coefficient (Wildman–Crippen LogP) is 4.36. The molecule has 2 heterocycles. The van der Waals surface area contributed by atoms with E-state index >= 15 is 0 Å². The molecule has 3 aromatic rings. The lowest BCUT2D eigenvalue weighted by atomic mass is 10.1. The zero-order valence-electron chi connectivity index (χ0n) is 15.5. The van der Waals surface area contributed by atoms with Crippen molar-refractivity contribution in [2.24, 2.45) is 0 Å². The lowest BCUT2D eigenvalue weighted by Crippen LogP contribution is -2.13. The molecule has 138 valence electrons. The quantitative estimate of drug-likeness (QED) is 0.572. The van der Waals surface area contributed by atoms with Crippen LogP contribution in [0.2, 0.25) is 0 Å². The van der Waals surface area contributed by atoms with Crippen LogP contribution in [0.1, 0.15) is 32.2 Å². The highest BCUT2D eigenvalue weighted by Crippen LogP contribution is 2.28. The molecular formula is C21H20N2O3S. The van der Waals surface area contributed by atoms with Gasteiger partial charge in [-0.15, -0.1) is 11.3 Å². The van der Waals surface area contributed by atoms with Gasteiger partial charge in [0.25, 0.3) is 0 Å². The molecule has 6 heteroatoms. The minimum atomic E-state index is -0.0917. The fourth-order valence-corrected chi connectivity index (χ4v) is 3.66. The van der Waals surface area contributed by atoms with Gasteiger partial charge in [-0.05, 0) is 43.5 Å². The van der Waals surface area contributed by atoms with Crippen LogP contribution in [0.4, 0.5) is 0 Å². The number of nitriles is 1. The van der Waals surface area contributed by atoms with Gasteiger partial charge in [-0.2, -0.15) is 5.26 Å². The second-order valence-corrected chi connectivity index (χ2v) is 7.17. The largest absolute Gasteiger partial charge is 0.493 e. The summed E-state index contributed by atoms with van der Waals surface area (Å²) >= 11 is 1.70. The summed E-state index contributed by atoms with van der Waals surface area (Å²) < 4.78 is 13.0. The number of rotatable bonds is 7. The summed E-state index contributed by atoms with van der Waals surface area (Å²) in [6, 6.07) is 12.9. The molecule has 0 spiro atoms. The number of aromatic nitrogens is 1. The molecule has 0 unspecified atom stereocenters. The van der Waals surface area contributed by atoms with E-state index in [1.807, 2.05) is 37.4 Å². The van der Waals surface area contributed by atoms with E-state index in [9.17, 15) is 4.79 Å². The summed E-state index contributed by atoms with van der Waals surface area (Å²) in [5.74, 6) is 0.786. The van der Waals surface area contributed by atoms with Gasteiger partial charge in [-0.25, -0.2) is 0 Å². The predicted molar refractivity (Wildman–Crippen MR) is 105 cm³/mol. The van der Waals surface area contributed by atoms with Crippen LogP contribution < -0.4 is 9.47 Å². The zero-order valence-corrected chi connectivity index (χ0v) is 16.3. The van der Waals surface area contributed by atoms with Crippen molar-refractivity contribution in [2.75, 3.05) is 13.7 Å². The van der Waals surface area contributed by atoms with E-state index in [0.717, 1.165) is 17.9 Å². The normalized spacial score (nSPS) is 10.4. The third-order valence-corrected chi connectivity index (χ3v) is 5.28. The molecule has 0 fully saturated rings. The molecule has 27 heavy (non-hydrogen) atoms. The first kappa shape index (κ1) is 18.7. The van der Waals surface area contributed by atoms with Gasteiger partial charge in [0.2, 0.25) is 5.78 Å². The molecule has 0 atom stereocenters. The first-order valence-corrected chi connectivity index (χ1v) is 9.34. The third-order valence-electron chi connectivity index (χ3n) is 4.42. The first-order chi connectivity index (χ1) is 13.0. The molecule has 0 bridgehead atoms. The van der Waals surface area contributed by atoms with Crippen molar-refractivity contribution in [3.05, 3.63) is 69.2 Å². The van der Waals surface area contributed by atoms with Gasteiger partial charge in [0.05, 0.1) is 25.3 Å². The standard InChI is InChI=1S/C21H20N2O3S/c1-14-9-18(15(2)23(14)12-17-5-4-8-27-17)19(24)13-26-20-7-6-16(11-22)10-21(20)25-3/h4-10H,12-13H2,1-3H3. The summed E-state index contributed by atoms with van der Waals surface area (Å²) in [6.07, 6.45) is 0. The van der Waals surface area contributed by atoms with Crippen molar-refractivity contribution in [1.29, 1.82) is 5.26 Å². The summed E-state index contributed by atoms with van der Waals surface area (Å²) in [7, 11) is 1.50. The van der Waals surface area contributed by atoms with Crippen molar-refractivity contribution >= 4 is 17.1 Å².